The largest absolute Gasteiger partial charge is 0.327 e. The van der Waals surface area contributed by atoms with E-state index in [4.69, 9.17) is 0 Å². The number of anilines is 2. The first-order valence-corrected chi connectivity index (χ1v) is 7.91. The number of nitrogens with zero attached hydrogens (tertiary/aromatic N) is 3. The number of benzene rings is 1. The van der Waals surface area contributed by atoms with Crippen LogP contribution < -0.4 is 10.2 Å². The van der Waals surface area contributed by atoms with Gasteiger partial charge in [0.2, 0.25) is 0 Å². The van der Waals surface area contributed by atoms with E-state index < -0.39 is 0 Å². The summed E-state index contributed by atoms with van der Waals surface area (Å²) in [5.41, 5.74) is 5.02. The molecule has 3 heterocycles. The molecule has 2 aromatic heterocycles. The smallest absolute Gasteiger partial charge is 0.316 e. The van der Waals surface area contributed by atoms with Gasteiger partial charge in [0.05, 0.1) is 12.2 Å². The van der Waals surface area contributed by atoms with Crippen molar-refractivity contribution in [2.45, 2.75) is 20.4 Å². The minimum absolute atomic E-state index is 0.172. The fraction of sp³-hybridized carbons (Fsp3) is 0.158. The number of carbonyl (C=O) groups excluding carboxylic acids is 1. The second-order valence-corrected chi connectivity index (χ2v) is 6.05. The van der Waals surface area contributed by atoms with Gasteiger partial charge in [-0.1, -0.05) is 17.7 Å². The second-order valence-electron chi connectivity index (χ2n) is 6.05. The molecule has 1 aliphatic heterocycles. The van der Waals surface area contributed by atoms with E-state index in [9.17, 15) is 4.79 Å². The predicted octanol–water partition coefficient (Wildman–Crippen LogP) is 4.04. The third-order valence-electron chi connectivity index (χ3n) is 4.30. The van der Waals surface area contributed by atoms with Gasteiger partial charge >= 0.3 is 6.03 Å². The van der Waals surface area contributed by atoms with Gasteiger partial charge in [0.15, 0.2) is 5.82 Å². The first kappa shape index (κ1) is 14.5. The molecule has 0 spiro atoms. The van der Waals surface area contributed by atoms with Crippen molar-refractivity contribution in [1.29, 1.82) is 0 Å². The topological polar surface area (TPSA) is 50.2 Å². The molecule has 0 saturated carbocycles. The van der Waals surface area contributed by atoms with Crippen molar-refractivity contribution in [2.75, 3.05) is 10.2 Å². The van der Waals surface area contributed by atoms with Crippen LogP contribution in [0.25, 0.3) is 5.69 Å². The van der Waals surface area contributed by atoms with Crippen molar-refractivity contribution in [1.82, 2.24) is 9.55 Å². The van der Waals surface area contributed by atoms with Crippen LogP contribution >= 0.6 is 0 Å². The van der Waals surface area contributed by atoms with Crippen LogP contribution in [0.4, 0.5) is 16.3 Å². The summed E-state index contributed by atoms with van der Waals surface area (Å²) >= 11 is 0. The molecular formula is C19H18N4O. The average Bonchev–Trinajstić information content (AvgIpc) is 3.05. The van der Waals surface area contributed by atoms with Crippen LogP contribution in [-0.4, -0.2) is 15.6 Å². The maximum atomic E-state index is 12.9. The summed E-state index contributed by atoms with van der Waals surface area (Å²) in [4.78, 5) is 19.0. The zero-order chi connectivity index (χ0) is 16.7. The van der Waals surface area contributed by atoms with Gasteiger partial charge in [-0.2, -0.15) is 0 Å². The molecule has 1 aromatic carbocycles. The molecule has 0 unspecified atom stereocenters. The van der Waals surface area contributed by atoms with Crippen LogP contribution in [0.2, 0.25) is 0 Å². The third-order valence-corrected chi connectivity index (χ3v) is 4.30. The van der Waals surface area contributed by atoms with Crippen molar-refractivity contribution < 1.29 is 4.79 Å². The van der Waals surface area contributed by atoms with Gasteiger partial charge in [-0.25, -0.2) is 9.78 Å². The molecule has 4 rings (SSSR count). The van der Waals surface area contributed by atoms with Crippen LogP contribution in [-0.2, 0) is 6.54 Å². The zero-order valence-electron chi connectivity index (χ0n) is 13.7. The molecule has 5 nitrogen and oxygen atoms in total. The molecule has 120 valence electrons. The molecule has 1 aliphatic rings. The number of aryl methyl sites for hydroxylation is 2. The van der Waals surface area contributed by atoms with Crippen molar-refractivity contribution >= 4 is 17.5 Å². The number of fused-ring (bicyclic) bond motifs is 3. The molecule has 2 amide bonds. The van der Waals surface area contributed by atoms with E-state index in [0.29, 0.717) is 12.4 Å². The lowest BCUT2D eigenvalue weighted by Crippen LogP contribution is -2.38. The van der Waals surface area contributed by atoms with E-state index in [1.54, 1.807) is 11.1 Å². The molecule has 0 aliphatic carbocycles. The Morgan fingerprint density at radius 3 is 2.88 bits per heavy atom. The Hall–Kier alpha value is -3.08. The van der Waals surface area contributed by atoms with Gasteiger partial charge in [-0.15, -0.1) is 0 Å². The number of pyridine rings is 1. The maximum Gasteiger partial charge on any atom is 0.327 e. The van der Waals surface area contributed by atoms with Crippen LogP contribution in [0.1, 0.15) is 16.8 Å². The Bertz CT molecular complexity index is 929. The van der Waals surface area contributed by atoms with Gasteiger partial charge in [0, 0.05) is 23.8 Å². The number of rotatable bonds is 1. The van der Waals surface area contributed by atoms with Crippen molar-refractivity contribution in [3.8, 4) is 5.69 Å². The number of nitrogens with one attached hydrogen (secondary N) is 1. The lowest BCUT2D eigenvalue weighted by atomic mass is 10.1. The summed E-state index contributed by atoms with van der Waals surface area (Å²) in [7, 11) is 0. The fourth-order valence-corrected chi connectivity index (χ4v) is 3.11. The Morgan fingerprint density at radius 2 is 2.04 bits per heavy atom. The van der Waals surface area contributed by atoms with E-state index in [2.05, 4.69) is 20.9 Å². The molecule has 1 N–H and O–H groups in total. The van der Waals surface area contributed by atoms with E-state index >= 15 is 0 Å². The van der Waals surface area contributed by atoms with Crippen molar-refractivity contribution in [3.63, 3.8) is 0 Å². The summed E-state index contributed by atoms with van der Waals surface area (Å²) in [6, 6.07) is 13.7. The molecule has 24 heavy (non-hydrogen) atoms. The lowest BCUT2D eigenvalue weighted by molar-refractivity contribution is 0.256. The average molecular weight is 318 g/mol. The number of amides is 2. The molecule has 0 fully saturated rings. The number of hydrogen-bond donors (Lipinski definition) is 1. The Kier molecular flexibility index (Phi) is 3.34. The Morgan fingerprint density at radius 1 is 1.17 bits per heavy atom. The predicted molar refractivity (Wildman–Crippen MR) is 94.7 cm³/mol. The lowest BCUT2D eigenvalue weighted by Gasteiger charge is -2.29. The highest BCUT2D eigenvalue weighted by molar-refractivity contribution is 6.03. The minimum Gasteiger partial charge on any atom is -0.316 e. The van der Waals surface area contributed by atoms with Crippen LogP contribution in [0.5, 0.6) is 0 Å². The molecule has 3 aromatic rings. The van der Waals surface area contributed by atoms with Crippen LogP contribution in [0.3, 0.4) is 0 Å². The van der Waals surface area contributed by atoms with Gasteiger partial charge in [-0.3, -0.25) is 4.90 Å². The fourth-order valence-electron chi connectivity index (χ4n) is 3.11. The van der Waals surface area contributed by atoms with Gasteiger partial charge < -0.3 is 9.88 Å². The third kappa shape index (κ3) is 2.34. The first-order valence-electron chi connectivity index (χ1n) is 7.91. The van der Waals surface area contributed by atoms with E-state index in [-0.39, 0.29) is 6.03 Å². The Labute approximate surface area is 140 Å². The minimum atomic E-state index is -0.172. The monoisotopic (exact) mass is 318 g/mol. The first-order chi connectivity index (χ1) is 11.6. The number of carbonyl (C=O) groups is 1. The molecule has 5 heteroatoms. The van der Waals surface area contributed by atoms with E-state index in [1.807, 2.05) is 56.4 Å². The quantitative estimate of drug-likeness (QED) is 0.736. The highest BCUT2D eigenvalue weighted by Gasteiger charge is 2.27. The number of aromatic nitrogens is 2. The molecule has 0 bridgehead atoms. The summed E-state index contributed by atoms with van der Waals surface area (Å²) in [6.45, 7) is 4.53. The zero-order valence-corrected chi connectivity index (χ0v) is 13.7. The number of urea groups is 1. The molecular weight excluding hydrogens is 300 g/mol. The normalized spacial score (nSPS) is 12.5. The summed E-state index contributed by atoms with van der Waals surface area (Å²) in [5, 5.41) is 3.01. The molecule has 0 radical (unpaired) electrons. The standard InChI is InChI=1S/C19H18N4O/c1-13-7-8-16(14(2)11-13)21-19(24)23-12-15-5-4-10-22(15)17-6-3-9-20-18(17)23/h3-11H,12H2,1-2H3,(H,21,24). The highest BCUT2D eigenvalue weighted by Crippen LogP contribution is 2.30. The summed E-state index contributed by atoms with van der Waals surface area (Å²) < 4.78 is 2.07. The maximum absolute atomic E-state index is 12.9. The van der Waals surface area contributed by atoms with Gasteiger partial charge in [0.1, 0.15) is 0 Å². The van der Waals surface area contributed by atoms with Crippen LogP contribution in [0.15, 0.2) is 54.9 Å². The SMILES string of the molecule is Cc1ccc(NC(=O)N2Cc3cccn3-c3cccnc32)c(C)c1. The molecule has 0 atom stereocenters. The second kappa shape index (κ2) is 5.53. The summed E-state index contributed by atoms with van der Waals surface area (Å²) in [6.07, 6.45) is 3.71. The van der Waals surface area contributed by atoms with Crippen LogP contribution in [0, 0.1) is 13.8 Å². The van der Waals surface area contributed by atoms with Gasteiger partial charge in [-0.05, 0) is 49.7 Å². The number of hydrogen-bond acceptors (Lipinski definition) is 2. The van der Waals surface area contributed by atoms with Crippen molar-refractivity contribution in [2.24, 2.45) is 0 Å². The highest BCUT2D eigenvalue weighted by atomic mass is 16.2. The van der Waals surface area contributed by atoms with E-state index in [0.717, 1.165) is 22.6 Å². The van der Waals surface area contributed by atoms with Crippen molar-refractivity contribution in [3.05, 3.63) is 71.7 Å². The van der Waals surface area contributed by atoms with E-state index in [1.165, 1.54) is 5.56 Å². The summed E-state index contributed by atoms with van der Waals surface area (Å²) in [5.74, 6) is 0.670. The molecule has 0 saturated heterocycles. The van der Waals surface area contributed by atoms with Gasteiger partial charge in [0.25, 0.3) is 0 Å². The Balaban J connectivity index is 1.68.